The van der Waals surface area contributed by atoms with Crippen molar-refractivity contribution in [2.75, 3.05) is 17.7 Å². The maximum absolute atomic E-state index is 4.31. The second-order valence-electron chi connectivity index (χ2n) is 3.86. The van der Waals surface area contributed by atoms with Crippen LogP contribution in [-0.4, -0.2) is 36.8 Å². The minimum Gasteiger partial charge on any atom is -0.357 e. The van der Waals surface area contributed by atoms with E-state index in [9.17, 15) is 0 Å². The summed E-state index contributed by atoms with van der Waals surface area (Å²) < 4.78 is 1.47. The van der Waals surface area contributed by atoms with Crippen LogP contribution in [-0.2, 0) is 0 Å². The Labute approximate surface area is 114 Å². The van der Waals surface area contributed by atoms with Crippen molar-refractivity contribution >= 4 is 17.6 Å². The lowest BCUT2D eigenvalue weighted by molar-refractivity contribution is 0.798. The molecule has 0 saturated heterocycles. The first kappa shape index (κ1) is 12.0. The molecule has 0 fully saturated rings. The van der Waals surface area contributed by atoms with Crippen molar-refractivity contribution in [3.05, 3.63) is 43.0 Å². The zero-order valence-corrected chi connectivity index (χ0v) is 10.7. The van der Waals surface area contributed by atoms with Crippen LogP contribution in [0.1, 0.15) is 0 Å². The molecule has 0 radical (unpaired) electrons. The van der Waals surface area contributed by atoms with Gasteiger partial charge in [-0.15, -0.1) is 0 Å². The number of para-hydroxylation sites is 1. The second-order valence-corrected chi connectivity index (χ2v) is 3.86. The summed E-state index contributed by atoms with van der Waals surface area (Å²) in [6.07, 6.45) is 2.95. The van der Waals surface area contributed by atoms with Gasteiger partial charge in [0.15, 0.2) is 0 Å². The Morgan fingerprint density at radius 1 is 1.00 bits per heavy atom. The summed E-state index contributed by atoms with van der Waals surface area (Å²) in [5, 5.41) is 10.0. The molecule has 0 bridgehead atoms. The van der Waals surface area contributed by atoms with Crippen molar-refractivity contribution in [3.8, 4) is 5.95 Å². The lowest BCUT2D eigenvalue weighted by Crippen LogP contribution is -2.09. The van der Waals surface area contributed by atoms with Crippen LogP contribution in [0.25, 0.3) is 5.95 Å². The molecule has 8 nitrogen and oxygen atoms in total. The molecule has 0 aliphatic carbocycles. The average Bonchev–Trinajstić information content (AvgIpc) is 3.02. The van der Waals surface area contributed by atoms with Crippen LogP contribution in [0.15, 0.2) is 43.0 Å². The quantitative estimate of drug-likeness (QED) is 0.735. The minimum atomic E-state index is 0.389. The molecule has 0 saturated carbocycles. The van der Waals surface area contributed by atoms with Gasteiger partial charge < -0.3 is 10.6 Å². The number of benzene rings is 1. The lowest BCUT2D eigenvalue weighted by atomic mass is 10.3. The van der Waals surface area contributed by atoms with Crippen molar-refractivity contribution in [3.63, 3.8) is 0 Å². The summed E-state index contributed by atoms with van der Waals surface area (Å²) in [4.78, 5) is 16.7. The van der Waals surface area contributed by atoms with Crippen LogP contribution in [0.3, 0.4) is 0 Å². The Hall–Kier alpha value is -3.03. The second kappa shape index (κ2) is 5.31. The van der Waals surface area contributed by atoms with Crippen molar-refractivity contribution in [1.82, 2.24) is 29.7 Å². The number of hydrogen-bond donors (Lipinski definition) is 2. The standard InChI is InChI=1S/C12H12N8/c1-13-10-17-11(16-9-5-3-2-4-6-9)19-12(18-10)20-8-14-7-15-20/h2-8H,1H3,(H2,13,16,17,18,19). The van der Waals surface area contributed by atoms with Crippen LogP contribution in [0.2, 0.25) is 0 Å². The van der Waals surface area contributed by atoms with Gasteiger partial charge in [-0.2, -0.15) is 24.7 Å². The summed E-state index contributed by atoms with van der Waals surface area (Å²) in [6, 6.07) is 9.66. The first-order valence-electron chi connectivity index (χ1n) is 5.96. The Kier molecular flexibility index (Phi) is 3.19. The molecule has 3 aromatic rings. The highest BCUT2D eigenvalue weighted by Gasteiger charge is 2.08. The first-order valence-corrected chi connectivity index (χ1v) is 5.96. The minimum absolute atomic E-state index is 0.389. The van der Waals surface area contributed by atoms with E-state index in [-0.39, 0.29) is 0 Å². The number of rotatable bonds is 4. The molecule has 0 unspecified atom stereocenters. The van der Waals surface area contributed by atoms with Crippen LogP contribution in [0.4, 0.5) is 17.6 Å². The van der Waals surface area contributed by atoms with E-state index in [0.717, 1.165) is 5.69 Å². The highest BCUT2D eigenvalue weighted by molar-refractivity contribution is 5.54. The zero-order valence-electron chi connectivity index (χ0n) is 10.7. The Bertz CT molecular complexity index is 680. The summed E-state index contributed by atoms with van der Waals surface area (Å²) >= 11 is 0. The van der Waals surface area contributed by atoms with E-state index < -0.39 is 0 Å². The molecule has 0 amide bonds. The van der Waals surface area contributed by atoms with E-state index in [2.05, 4.69) is 35.7 Å². The summed E-state index contributed by atoms with van der Waals surface area (Å²) in [6.45, 7) is 0. The van der Waals surface area contributed by atoms with Crippen molar-refractivity contribution in [2.24, 2.45) is 0 Å². The maximum atomic E-state index is 4.31. The van der Waals surface area contributed by atoms with Gasteiger partial charge in [-0.05, 0) is 12.1 Å². The predicted molar refractivity (Wildman–Crippen MR) is 74.0 cm³/mol. The Balaban J connectivity index is 1.96. The molecular formula is C12H12N8. The van der Waals surface area contributed by atoms with E-state index in [4.69, 9.17) is 0 Å². The summed E-state index contributed by atoms with van der Waals surface area (Å²) in [5.74, 6) is 1.27. The Morgan fingerprint density at radius 2 is 1.80 bits per heavy atom. The zero-order chi connectivity index (χ0) is 13.8. The molecule has 0 aliphatic heterocycles. The van der Waals surface area contributed by atoms with Crippen LogP contribution in [0.5, 0.6) is 0 Å². The van der Waals surface area contributed by atoms with Gasteiger partial charge in [0.05, 0.1) is 0 Å². The average molecular weight is 268 g/mol. The molecule has 20 heavy (non-hydrogen) atoms. The van der Waals surface area contributed by atoms with Gasteiger partial charge in [-0.25, -0.2) is 4.98 Å². The molecule has 8 heteroatoms. The van der Waals surface area contributed by atoms with Gasteiger partial charge in [0.1, 0.15) is 12.7 Å². The van der Waals surface area contributed by atoms with Crippen molar-refractivity contribution in [2.45, 2.75) is 0 Å². The van der Waals surface area contributed by atoms with Crippen LogP contribution >= 0.6 is 0 Å². The number of aromatic nitrogens is 6. The molecule has 2 heterocycles. The fourth-order valence-corrected chi connectivity index (χ4v) is 1.60. The third kappa shape index (κ3) is 2.53. The van der Waals surface area contributed by atoms with E-state index >= 15 is 0 Å². The first-order chi connectivity index (χ1) is 9.85. The number of nitrogens with one attached hydrogen (secondary N) is 2. The van der Waals surface area contributed by atoms with Crippen LogP contribution < -0.4 is 10.6 Å². The largest absolute Gasteiger partial charge is 0.357 e. The molecule has 3 rings (SSSR count). The Morgan fingerprint density at radius 3 is 2.50 bits per heavy atom. The van der Waals surface area contributed by atoms with Crippen LogP contribution in [0, 0.1) is 0 Å². The van der Waals surface area contributed by atoms with Crippen molar-refractivity contribution < 1.29 is 0 Å². The van der Waals surface area contributed by atoms with Crippen molar-refractivity contribution in [1.29, 1.82) is 0 Å². The van der Waals surface area contributed by atoms with Gasteiger partial charge in [0.25, 0.3) is 5.95 Å². The molecule has 0 spiro atoms. The van der Waals surface area contributed by atoms with E-state index in [0.29, 0.717) is 17.8 Å². The summed E-state index contributed by atoms with van der Waals surface area (Å²) in [7, 11) is 1.74. The normalized spacial score (nSPS) is 10.2. The molecule has 0 atom stereocenters. The molecule has 2 aromatic heterocycles. The molecular weight excluding hydrogens is 256 g/mol. The maximum Gasteiger partial charge on any atom is 0.258 e. The highest BCUT2D eigenvalue weighted by atomic mass is 15.4. The number of anilines is 3. The van der Waals surface area contributed by atoms with Gasteiger partial charge in [-0.1, -0.05) is 18.2 Å². The number of hydrogen-bond acceptors (Lipinski definition) is 7. The molecule has 100 valence electrons. The smallest absolute Gasteiger partial charge is 0.258 e. The fraction of sp³-hybridized carbons (Fsp3) is 0.0833. The highest BCUT2D eigenvalue weighted by Crippen LogP contribution is 2.14. The monoisotopic (exact) mass is 268 g/mol. The summed E-state index contributed by atoms with van der Waals surface area (Å²) in [5.41, 5.74) is 0.894. The topological polar surface area (TPSA) is 93.4 Å². The van der Waals surface area contributed by atoms with Gasteiger partial charge in [-0.3, -0.25) is 0 Å². The van der Waals surface area contributed by atoms with Gasteiger partial charge in [0, 0.05) is 12.7 Å². The predicted octanol–water partition coefficient (Wildman–Crippen LogP) is 1.24. The number of nitrogens with zero attached hydrogens (tertiary/aromatic N) is 6. The molecule has 0 aliphatic rings. The lowest BCUT2D eigenvalue weighted by Gasteiger charge is -2.08. The third-order valence-corrected chi connectivity index (χ3v) is 2.50. The van der Waals surface area contributed by atoms with Gasteiger partial charge in [0.2, 0.25) is 11.9 Å². The van der Waals surface area contributed by atoms with E-state index in [1.165, 1.54) is 17.3 Å². The van der Waals surface area contributed by atoms with E-state index in [1.54, 1.807) is 7.05 Å². The third-order valence-electron chi connectivity index (χ3n) is 2.50. The van der Waals surface area contributed by atoms with Gasteiger partial charge >= 0.3 is 0 Å². The fourth-order valence-electron chi connectivity index (χ4n) is 1.60. The molecule has 1 aromatic carbocycles. The van der Waals surface area contributed by atoms with E-state index in [1.807, 2.05) is 30.3 Å². The SMILES string of the molecule is CNc1nc(Nc2ccccc2)nc(-n2cncn2)n1. The molecule has 2 N–H and O–H groups in total.